The second-order valence-corrected chi connectivity index (χ2v) is 10.6. The van der Waals surface area contributed by atoms with E-state index in [2.05, 4.69) is 45.5 Å². The summed E-state index contributed by atoms with van der Waals surface area (Å²) in [5.41, 5.74) is 3.14. The minimum Gasteiger partial charge on any atom is -0.352 e. The molecular weight excluding hydrogens is 524 g/mol. The third-order valence-corrected chi connectivity index (χ3v) is 6.93. The summed E-state index contributed by atoms with van der Waals surface area (Å²) < 4.78 is 0.944. The van der Waals surface area contributed by atoms with Gasteiger partial charge in [-0.3, -0.25) is 9.59 Å². The number of aryl methyl sites for hydroxylation is 1. The number of halogens is 1. The number of hydrogen-bond acceptors (Lipinski definition) is 2. The highest BCUT2D eigenvalue weighted by atomic mass is 79.9. The van der Waals surface area contributed by atoms with Gasteiger partial charge in [0.25, 0.3) is 0 Å². The smallest absolute Gasteiger partial charge is 0.243 e. The molecule has 5 heteroatoms. The molecule has 4 aromatic carbocycles. The second-order valence-electron chi connectivity index (χ2n) is 9.66. The van der Waals surface area contributed by atoms with Gasteiger partial charge in [0, 0.05) is 29.9 Å². The number of hydrogen-bond donors (Lipinski definition) is 1. The number of amides is 2. The Kier molecular flexibility index (Phi) is 9.13. The quantitative estimate of drug-likeness (QED) is 0.236. The van der Waals surface area contributed by atoms with Gasteiger partial charge in [0.05, 0.1) is 0 Å². The van der Waals surface area contributed by atoms with Crippen LogP contribution in [-0.4, -0.2) is 28.8 Å². The maximum Gasteiger partial charge on any atom is 0.243 e. The van der Waals surface area contributed by atoms with Crippen molar-refractivity contribution in [3.63, 3.8) is 0 Å². The first-order chi connectivity index (χ1) is 17.9. The number of fused-ring (bicyclic) bond motifs is 1. The lowest BCUT2D eigenvalue weighted by Gasteiger charge is -2.32. The lowest BCUT2D eigenvalue weighted by atomic mass is 9.99. The first-order valence-corrected chi connectivity index (χ1v) is 13.5. The third-order valence-electron chi connectivity index (χ3n) is 6.43. The van der Waals surface area contributed by atoms with E-state index >= 15 is 0 Å². The van der Waals surface area contributed by atoms with Crippen LogP contribution in [-0.2, 0) is 29.0 Å². The lowest BCUT2D eigenvalue weighted by molar-refractivity contribution is -0.141. The molecule has 0 radical (unpaired) electrons. The Balaban J connectivity index is 1.64. The summed E-state index contributed by atoms with van der Waals surface area (Å²) >= 11 is 3.54. The third kappa shape index (κ3) is 7.30. The van der Waals surface area contributed by atoms with Gasteiger partial charge >= 0.3 is 0 Å². The SMILES string of the molecule is CC(C)NC(=O)[C@H](Cc1ccccc1)N(Cc1cccc(Br)c1)C(=O)CCc1cccc2ccccc12. The van der Waals surface area contributed by atoms with E-state index in [4.69, 9.17) is 0 Å². The van der Waals surface area contributed by atoms with E-state index in [0.29, 0.717) is 25.8 Å². The maximum absolute atomic E-state index is 13.9. The van der Waals surface area contributed by atoms with E-state index in [9.17, 15) is 9.59 Å². The Morgan fingerprint density at radius 1 is 0.838 bits per heavy atom. The standard InChI is InChI=1S/C32H33BrN2O2/c1-23(2)34-32(37)30(21-24-10-4-3-5-11-24)35(22-25-12-8-16-28(33)20-25)31(36)19-18-27-15-9-14-26-13-6-7-17-29(26)27/h3-17,20,23,30H,18-19,21-22H2,1-2H3,(H,34,37)/t30-/m0/s1. The van der Waals surface area contributed by atoms with Crippen LogP contribution in [0.2, 0.25) is 0 Å². The summed E-state index contributed by atoms with van der Waals surface area (Å²) in [6, 6.07) is 31.6. The zero-order valence-corrected chi connectivity index (χ0v) is 22.9. The fraction of sp³-hybridized carbons (Fsp3) is 0.250. The van der Waals surface area contributed by atoms with Gasteiger partial charge in [0.2, 0.25) is 11.8 Å². The zero-order valence-electron chi connectivity index (χ0n) is 21.4. The highest BCUT2D eigenvalue weighted by Gasteiger charge is 2.30. The summed E-state index contributed by atoms with van der Waals surface area (Å²) in [5, 5.41) is 5.38. The largest absolute Gasteiger partial charge is 0.352 e. The molecular formula is C32H33BrN2O2. The van der Waals surface area contributed by atoms with Gasteiger partial charge in [-0.25, -0.2) is 0 Å². The summed E-state index contributed by atoms with van der Waals surface area (Å²) in [5.74, 6) is -0.167. The number of nitrogens with zero attached hydrogens (tertiary/aromatic N) is 1. The monoisotopic (exact) mass is 556 g/mol. The maximum atomic E-state index is 13.9. The van der Waals surface area contributed by atoms with Crippen LogP contribution >= 0.6 is 15.9 Å². The Labute approximate surface area is 227 Å². The molecule has 0 spiro atoms. The molecule has 4 nitrogen and oxygen atoms in total. The molecule has 0 aromatic heterocycles. The molecule has 4 rings (SSSR count). The number of carbonyl (C=O) groups is 2. The summed E-state index contributed by atoms with van der Waals surface area (Å²) in [7, 11) is 0. The van der Waals surface area contributed by atoms with E-state index in [1.54, 1.807) is 4.90 Å². The topological polar surface area (TPSA) is 49.4 Å². The molecule has 0 saturated carbocycles. The molecule has 0 bridgehead atoms. The summed E-state index contributed by atoms with van der Waals surface area (Å²) in [6.45, 7) is 4.24. The molecule has 0 saturated heterocycles. The molecule has 4 aromatic rings. The molecule has 0 aliphatic heterocycles. The second kappa shape index (κ2) is 12.7. The molecule has 0 fully saturated rings. The molecule has 37 heavy (non-hydrogen) atoms. The summed E-state index contributed by atoms with van der Waals surface area (Å²) in [4.78, 5) is 29.2. The van der Waals surface area contributed by atoms with Crippen LogP contribution in [0.5, 0.6) is 0 Å². The van der Waals surface area contributed by atoms with Gasteiger partial charge in [-0.2, -0.15) is 0 Å². The van der Waals surface area contributed by atoms with Crippen molar-refractivity contribution in [2.24, 2.45) is 0 Å². The molecule has 0 aliphatic carbocycles. The van der Waals surface area contributed by atoms with Crippen molar-refractivity contribution >= 4 is 38.5 Å². The lowest BCUT2D eigenvalue weighted by Crippen LogP contribution is -2.51. The van der Waals surface area contributed by atoms with E-state index in [0.717, 1.165) is 31.9 Å². The van der Waals surface area contributed by atoms with Crippen LogP contribution in [0.4, 0.5) is 0 Å². The van der Waals surface area contributed by atoms with Crippen LogP contribution in [0.1, 0.15) is 37.0 Å². The van der Waals surface area contributed by atoms with Crippen LogP contribution in [0, 0.1) is 0 Å². The fourth-order valence-electron chi connectivity index (χ4n) is 4.66. The Morgan fingerprint density at radius 2 is 1.51 bits per heavy atom. The van der Waals surface area contributed by atoms with Gasteiger partial charge in [-0.05, 0) is 59.9 Å². The van der Waals surface area contributed by atoms with Crippen LogP contribution in [0.3, 0.4) is 0 Å². The van der Waals surface area contributed by atoms with E-state index < -0.39 is 6.04 Å². The molecule has 1 atom stereocenters. The number of benzene rings is 4. The van der Waals surface area contributed by atoms with Crippen molar-refractivity contribution in [1.29, 1.82) is 0 Å². The molecule has 0 heterocycles. The van der Waals surface area contributed by atoms with Crippen molar-refractivity contribution in [3.8, 4) is 0 Å². The van der Waals surface area contributed by atoms with E-state index in [1.165, 1.54) is 0 Å². The highest BCUT2D eigenvalue weighted by Crippen LogP contribution is 2.22. The molecule has 0 aliphatic rings. The van der Waals surface area contributed by atoms with E-state index in [-0.39, 0.29) is 17.9 Å². The average molecular weight is 558 g/mol. The predicted molar refractivity (Wildman–Crippen MR) is 154 cm³/mol. The van der Waals surface area contributed by atoms with Gasteiger partial charge in [-0.1, -0.05) is 101 Å². The van der Waals surface area contributed by atoms with Crippen LogP contribution in [0.15, 0.2) is 102 Å². The first kappa shape index (κ1) is 26.6. The zero-order chi connectivity index (χ0) is 26.2. The number of rotatable bonds is 10. The summed E-state index contributed by atoms with van der Waals surface area (Å²) in [6.07, 6.45) is 1.38. The van der Waals surface area contributed by atoms with Gasteiger partial charge in [-0.15, -0.1) is 0 Å². The molecule has 0 unspecified atom stereocenters. The van der Waals surface area contributed by atoms with Gasteiger partial charge in [0.15, 0.2) is 0 Å². The van der Waals surface area contributed by atoms with Crippen LogP contribution < -0.4 is 5.32 Å². The minimum absolute atomic E-state index is 0.0238. The van der Waals surface area contributed by atoms with Crippen LogP contribution in [0.25, 0.3) is 10.8 Å². The van der Waals surface area contributed by atoms with E-state index in [1.807, 2.05) is 86.6 Å². The predicted octanol–water partition coefficient (Wildman–Crippen LogP) is 6.70. The fourth-order valence-corrected chi connectivity index (χ4v) is 5.11. The van der Waals surface area contributed by atoms with Gasteiger partial charge in [0.1, 0.15) is 6.04 Å². The number of nitrogens with one attached hydrogen (secondary N) is 1. The Hall–Kier alpha value is -3.44. The molecule has 2 amide bonds. The van der Waals surface area contributed by atoms with Crippen molar-refractivity contribution in [3.05, 3.63) is 118 Å². The van der Waals surface area contributed by atoms with Crippen molar-refractivity contribution in [2.75, 3.05) is 0 Å². The highest BCUT2D eigenvalue weighted by molar-refractivity contribution is 9.10. The molecule has 190 valence electrons. The minimum atomic E-state index is -0.621. The normalized spacial score (nSPS) is 11.9. The van der Waals surface area contributed by atoms with Gasteiger partial charge < -0.3 is 10.2 Å². The average Bonchev–Trinajstić information content (AvgIpc) is 2.89. The first-order valence-electron chi connectivity index (χ1n) is 12.8. The van der Waals surface area contributed by atoms with Crippen molar-refractivity contribution < 1.29 is 9.59 Å². The van der Waals surface area contributed by atoms with Crippen molar-refractivity contribution in [1.82, 2.24) is 10.2 Å². The number of carbonyl (C=O) groups excluding carboxylic acids is 2. The Morgan fingerprint density at radius 3 is 2.27 bits per heavy atom. The Bertz CT molecular complexity index is 1350. The molecule has 1 N–H and O–H groups in total. The van der Waals surface area contributed by atoms with Crippen molar-refractivity contribution in [2.45, 2.75) is 51.7 Å².